The van der Waals surface area contributed by atoms with E-state index in [0.717, 1.165) is 35.0 Å². The smallest absolute Gasteiger partial charge is 0.256 e. The molecule has 29 heavy (non-hydrogen) atoms. The van der Waals surface area contributed by atoms with E-state index in [2.05, 4.69) is 4.98 Å². The third-order valence-corrected chi connectivity index (χ3v) is 5.74. The molecule has 1 saturated heterocycles. The zero-order chi connectivity index (χ0) is 20.5. The van der Waals surface area contributed by atoms with Gasteiger partial charge in [-0.15, -0.1) is 0 Å². The highest BCUT2D eigenvalue weighted by Crippen LogP contribution is 2.38. The van der Waals surface area contributed by atoms with Gasteiger partial charge in [-0.1, -0.05) is 17.7 Å². The number of ether oxygens (including phenoxy) is 2. The van der Waals surface area contributed by atoms with Crippen LogP contribution in [0, 0.1) is 6.92 Å². The van der Waals surface area contributed by atoms with E-state index in [1.807, 2.05) is 54.3 Å². The lowest BCUT2D eigenvalue weighted by Gasteiger charge is -2.26. The molecule has 2 aromatic carbocycles. The van der Waals surface area contributed by atoms with Crippen LogP contribution in [0.25, 0.3) is 10.9 Å². The third kappa shape index (κ3) is 3.62. The van der Waals surface area contributed by atoms with E-state index in [9.17, 15) is 4.79 Å². The fraction of sp³-hybridized carbons (Fsp3) is 0.304. The third-order valence-electron chi connectivity index (χ3n) is 5.50. The maximum absolute atomic E-state index is 13.5. The van der Waals surface area contributed by atoms with Crippen LogP contribution in [0.1, 0.15) is 40.5 Å². The molecule has 0 unspecified atom stereocenters. The summed E-state index contributed by atoms with van der Waals surface area (Å²) in [6.07, 6.45) is 1.86. The average molecular weight is 411 g/mol. The minimum absolute atomic E-state index is 0.00300. The number of rotatable bonds is 4. The van der Waals surface area contributed by atoms with Gasteiger partial charge in [-0.25, -0.2) is 0 Å². The zero-order valence-corrected chi connectivity index (χ0v) is 17.5. The monoisotopic (exact) mass is 410 g/mol. The molecular formula is C23H23ClN2O3. The van der Waals surface area contributed by atoms with E-state index >= 15 is 0 Å². The van der Waals surface area contributed by atoms with Gasteiger partial charge in [-0.2, -0.15) is 0 Å². The summed E-state index contributed by atoms with van der Waals surface area (Å²) in [6.45, 7) is 2.59. The second-order valence-corrected chi connectivity index (χ2v) is 7.67. The van der Waals surface area contributed by atoms with Gasteiger partial charge in [0.1, 0.15) is 0 Å². The maximum Gasteiger partial charge on any atom is 0.256 e. The molecule has 1 amide bonds. The number of benzene rings is 2. The van der Waals surface area contributed by atoms with Crippen LogP contribution in [-0.4, -0.2) is 36.6 Å². The van der Waals surface area contributed by atoms with Gasteiger partial charge in [0.25, 0.3) is 5.91 Å². The summed E-state index contributed by atoms with van der Waals surface area (Å²) in [4.78, 5) is 20.0. The van der Waals surface area contributed by atoms with E-state index in [-0.39, 0.29) is 11.9 Å². The van der Waals surface area contributed by atoms with Crippen LogP contribution in [0.2, 0.25) is 5.02 Å². The summed E-state index contributed by atoms with van der Waals surface area (Å²) in [5.41, 5.74) is 3.22. The SMILES string of the molecule is COc1ccc([C@@H]2CCCN2C(=O)c2cc3cc(Cl)ccc3nc2C)cc1OC. The molecule has 6 heteroatoms. The summed E-state index contributed by atoms with van der Waals surface area (Å²) in [6, 6.07) is 13.3. The predicted molar refractivity (Wildman–Crippen MR) is 114 cm³/mol. The highest BCUT2D eigenvalue weighted by Gasteiger charge is 2.32. The lowest BCUT2D eigenvalue weighted by Crippen LogP contribution is -2.31. The number of carbonyl (C=O) groups is 1. The van der Waals surface area contributed by atoms with Crippen LogP contribution in [-0.2, 0) is 0 Å². The number of pyridine rings is 1. The second kappa shape index (κ2) is 7.91. The standard InChI is InChI=1S/C23H23ClN2O3/c1-14-18(12-16-11-17(24)7-8-19(16)25-14)23(27)26-10-4-5-20(26)15-6-9-21(28-2)22(13-15)29-3/h6-9,11-13,20H,4-5,10H2,1-3H3/t20-/m0/s1. The van der Waals surface area contributed by atoms with Crippen molar-refractivity contribution < 1.29 is 14.3 Å². The minimum atomic E-state index is -0.00541. The lowest BCUT2D eigenvalue weighted by molar-refractivity contribution is 0.0734. The highest BCUT2D eigenvalue weighted by atomic mass is 35.5. The van der Waals surface area contributed by atoms with Crippen molar-refractivity contribution in [3.05, 3.63) is 64.3 Å². The van der Waals surface area contributed by atoms with Gasteiger partial charge in [0.05, 0.1) is 37.0 Å². The number of hydrogen-bond acceptors (Lipinski definition) is 4. The van der Waals surface area contributed by atoms with Gasteiger partial charge in [0.15, 0.2) is 11.5 Å². The fourth-order valence-corrected chi connectivity index (χ4v) is 4.21. The van der Waals surface area contributed by atoms with Crippen molar-refractivity contribution in [3.63, 3.8) is 0 Å². The molecule has 0 aliphatic carbocycles. The average Bonchev–Trinajstić information content (AvgIpc) is 3.22. The van der Waals surface area contributed by atoms with Crippen molar-refractivity contribution in [1.82, 2.24) is 9.88 Å². The number of carbonyl (C=O) groups excluding carboxylic acids is 1. The summed E-state index contributed by atoms with van der Waals surface area (Å²) in [7, 11) is 3.24. The topological polar surface area (TPSA) is 51.7 Å². The number of aryl methyl sites for hydroxylation is 1. The Bertz CT molecular complexity index is 1080. The Labute approximate surface area is 175 Å². The van der Waals surface area contributed by atoms with Crippen molar-refractivity contribution in [2.45, 2.75) is 25.8 Å². The van der Waals surface area contributed by atoms with E-state index in [0.29, 0.717) is 28.6 Å². The number of fused-ring (bicyclic) bond motifs is 1. The molecule has 1 fully saturated rings. The van der Waals surface area contributed by atoms with Gasteiger partial charge >= 0.3 is 0 Å². The Morgan fingerprint density at radius 1 is 1.10 bits per heavy atom. The Morgan fingerprint density at radius 3 is 2.66 bits per heavy atom. The van der Waals surface area contributed by atoms with Crippen molar-refractivity contribution in [1.29, 1.82) is 0 Å². The van der Waals surface area contributed by atoms with Gasteiger partial charge in [-0.05, 0) is 61.7 Å². The number of nitrogens with zero attached hydrogens (tertiary/aromatic N) is 2. The van der Waals surface area contributed by atoms with Crippen LogP contribution in [0.3, 0.4) is 0 Å². The molecule has 1 aliphatic rings. The number of hydrogen-bond donors (Lipinski definition) is 0. The Hall–Kier alpha value is -2.79. The maximum atomic E-state index is 13.5. The highest BCUT2D eigenvalue weighted by molar-refractivity contribution is 6.31. The first-order valence-corrected chi connectivity index (χ1v) is 9.99. The normalized spacial score (nSPS) is 16.3. The second-order valence-electron chi connectivity index (χ2n) is 7.23. The van der Waals surface area contributed by atoms with Gasteiger partial charge < -0.3 is 14.4 Å². The molecule has 0 spiro atoms. The molecule has 5 nitrogen and oxygen atoms in total. The van der Waals surface area contributed by atoms with Crippen molar-refractivity contribution in [2.24, 2.45) is 0 Å². The Morgan fingerprint density at radius 2 is 1.90 bits per heavy atom. The molecule has 4 rings (SSSR count). The number of aromatic nitrogens is 1. The van der Waals surface area contributed by atoms with Gasteiger partial charge in [0, 0.05) is 17.0 Å². The van der Waals surface area contributed by atoms with Crippen LogP contribution in [0.15, 0.2) is 42.5 Å². The molecular weight excluding hydrogens is 388 g/mol. The number of methoxy groups -OCH3 is 2. The molecule has 0 bridgehead atoms. The summed E-state index contributed by atoms with van der Waals surface area (Å²) in [5, 5.41) is 1.50. The quantitative estimate of drug-likeness (QED) is 0.593. The van der Waals surface area contributed by atoms with Crippen LogP contribution in [0.4, 0.5) is 0 Å². The number of amides is 1. The van der Waals surface area contributed by atoms with Crippen LogP contribution >= 0.6 is 11.6 Å². The molecule has 0 N–H and O–H groups in total. The lowest BCUT2D eigenvalue weighted by atomic mass is 10.0. The van der Waals surface area contributed by atoms with E-state index < -0.39 is 0 Å². The van der Waals surface area contributed by atoms with Crippen molar-refractivity contribution in [2.75, 3.05) is 20.8 Å². The van der Waals surface area contributed by atoms with Gasteiger partial charge in [-0.3, -0.25) is 9.78 Å². The Balaban J connectivity index is 1.69. The molecule has 1 aliphatic heterocycles. The molecule has 1 aromatic heterocycles. The number of likely N-dealkylation sites (tertiary alicyclic amines) is 1. The van der Waals surface area contributed by atoms with E-state index in [4.69, 9.17) is 21.1 Å². The first kappa shape index (κ1) is 19.5. The number of halogens is 1. The summed E-state index contributed by atoms with van der Waals surface area (Å²) >= 11 is 6.13. The molecule has 0 saturated carbocycles. The predicted octanol–water partition coefficient (Wildman–Crippen LogP) is 5.19. The Kier molecular flexibility index (Phi) is 5.33. The van der Waals surface area contributed by atoms with E-state index in [1.165, 1.54) is 0 Å². The summed E-state index contributed by atoms with van der Waals surface area (Å²) in [5.74, 6) is 1.34. The largest absolute Gasteiger partial charge is 0.493 e. The first-order valence-electron chi connectivity index (χ1n) is 9.61. The van der Waals surface area contributed by atoms with Crippen molar-refractivity contribution in [3.8, 4) is 11.5 Å². The zero-order valence-electron chi connectivity index (χ0n) is 16.7. The van der Waals surface area contributed by atoms with Crippen molar-refractivity contribution >= 4 is 28.4 Å². The molecule has 3 aromatic rings. The first-order chi connectivity index (χ1) is 14.0. The molecule has 0 radical (unpaired) electrons. The summed E-state index contributed by atoms with van der Waals surface area (Å²) < 4.78 is 10.8. The minimum Gasteiger partial charge on any atom is -0.493 e. The van der Waals surface area contributed by atoms with Gasteiger partial charge in [0.2, 0.25) is 0 Å². The molecule has 150 valence electrons. The van der Waals surface area contributed by atoms with Crippen LogP contribution in [0.5, 0.6) is 11.5 Å². The molecule has 2 heterocycles. The van der Waals surface area contributed by atoms with Crippen LogP contribution < -0.4 is 9.47 Å². The molecule has 1 atom stereocenters. The fourth-order valence-electron chi connectivity index (χ4n) is 4.03. The van der Waals surface area contributed by atoms with E-state index in [1.54, 1.807) is 14.2 Å².